The van der Waals surface area contributed by atoms with Crippen molar-refractivity contribution in [1.29, 1.82) is 0 Å². The Hall–Kier alpha value is -2.34. The Morgan fingerprint density at radius 3 is 2.72 bits per heavy atom. The molecule has 2 amide bonds. The smallest absolute Gasteiger partial charge is 0.410 e. The zero-order valence-corrected chi connectivity index (χ0v) is 17.6. The topological polar surface area (TPSA) is 62.7 Å². The molecule has 1 aromatic heterocycles. The van der Waals surface area contributed by atoms with Gasteiger partial charge in [0.1, 0.15) is 0 Å². The number of piperazine rings is 1. The monoisotopic (exact) mass is 415 g/mol. The maximum absolute atomic E-state index is 13.1. The quantitative estimate of drug-likeness (QED) is 0.739. The van der Waals surface area contributed by atoms with Crippen molar-refractivity contribution in [2.75, 3.05) is 26.2 Å². The van der Waals surface area contributed by atoms with Crippen LogP contribution in [0.4, 0.5) is 4.79 Å². The standard InChI is InChI=1S/C22H26ClN3O3/c1-3-10-29-22(28)26-9-8-25(13-14(26)2)21(27)16-6-7-17-18(23)12-19(15-4-5-15)24-20(17)11-16/h6-7,11-12,14-15H,3-5,8-10,13H2,1-2H3/t14-/m1/s1. The number of halogens is 1. The second-order valence-electron chi connectivity index (χ2n) is 7.94. The largest absolute Gasteiger partial charge is 0.449 e. The molecule has 1 aliphatic heterocycles. The lowest BCUT2D eigenvalue weighted by Crippen LogP contribution is -2.55. The van der Waals surface area contributed by atoms with Gasteiger partial charge in [0, 0.05) is 48.2 Å². The zero-order valence-electron chi connectivity index (χ0n) is 16.9. The van der Waals surface area contributed by atoms with Gasteiger partial charge in [-0.25, -0.2) is 4.79 Å². The van der Waals surface area contributed by atoms with Crippen LogP contribution in [-0.4, -0.2) is 59.1 Å². The Balaban J connectivity index is 1.49. The van der Waals surface area contributed by atoms with Crippen LogP contribution in [0, 0.1) is 0 Å². The number of amides is 2. The number of aromatic nitrogens is 1. The van der Waals surface area contributed by atoms with Gasteiger partial charge in [0.25, 0.3) is 5.91 Å². The molecule has 2 aromatic rings. The fraction of sp³-hybridized carbons (Fsp3) is 0.500. The van der Waals surface area contributed by atoms with E-state index in [-0.39, 0.29) is 18.0 Å². The molecule has 4 rings (SSSR count). The highest BCUT2D eigenvalue weighted by Crippen LogP contribution is 2.41. The van der Waals surface area contributed by atoms with Crippen LogP contribution in [0.2, 0.25) is 5.02 Å². The van der Waals surface area contributed by atoms with E-state index in [1.54, 1.807) is 9.80 Å². The molecule has 1 saturated carbocycles. The van der Waals surface area contributed by atoms with Gasteiger partial charge >= 0.3 is 6.09 Å². The molecule has 1 atom stereocenters. The maximum Gasteiger partial charge on any atom is 0.410 e. The van der Waals surface area contributed by atoms with Gasteiger partial charge in [-0.2, -0.15) is 0 Å². The van der Waals surface area contributed by atoms with Gasteiger partial charge < -0.3 is 14.5 Å². The van der Waals surface area contributed by atoms with E-state index in [0.29, 0.717) is 42.7 Å². The van der Waals surface area contributed by atoms with Gasteiger partial charge in [-0.3, -0.25) is 9.78 Å². The number of ether oxygens (including phenoxy) is 1. The summed E-state index contributed by atoms with van der Waals surface area (Å²) in [6, 6.07) is 7.37. The minimum atomic E-state index is -0.302. The molecule has 2 fully saturated rings. The van der Waals surface area contributed by atoms with Crippen LogP contribution >= 0.6 is 11.6 Å². The van der Waals surface area contributed by atoms with Crippen LogP contribution in [0.3, 0.4) is 0 Å². The van der Waals surface area contributed by atoms with E-state index in [9.17, 15) is 9.59 Å². The fourth-order valence-electron chi connectivity index (χ4n) is 3.79. The van der Waals surface area contributed by atoms with Crippen LogP contribution in [-0.2, 0) is 4.74 Å². The molecule has 1 aromatic carbocycles. The summed E-state index contributed by atoms with van der Waals surface area (Å²) in [6.07, 6.45) is 2.79. The molecule has 1 aliphatic carbocycles. The third-order valence-electron chi connectivity index (χ3n) is 5.60. The zero-order chi connectivity index (χ0) is 20.5. The normalized spacial score (nSPS) is 19.5. The molecule has 2 aliphatic rings. The van der Waals surface area contributed by atoms with Crippen molar-refractivity contribution in [3.8, 4) is 0 Å². The predicted molar refractivity (Wildman–Crippen MR) is 112 cm³/mol. The minimum absolute atomic E-state index is 0.0462. The van der Waals surface area contributed by atoms with Gasteiger partial charge in [-0.15, -0.1) is 0 Å². The third kappa shape index (κ3) is 4.17. The molecular weight excluding hydrogens is 390 g/mol. The molecule has 6 nitrogen and oxygen atoms in total. The molecule has 0 radical (unpaired) electrons. The van der Waals surface area contributed by atoms with Crippen LogP contribution in [0.25, 0.3) is 10.9 Å². The molecule has 2 heterocycles. The number of hydrogen-bond donors (Lipinski definition) is 0. The van der Waals surface area contributed by atoms with Gasteiger partial charge in [0.15, 0.2) is 0 Å². The van der Waals surface area contributed by atoms with Crippen LogP contribution in [0.15, 0.2) is 24.3 Å². The molecule has 0 spiro atoms. The lowest BCUT2D eigenvalue weighted by atomic mass is 10.1. The lowest BCUT2D eigenvalue weighted by Gasteiger charge is -2.39. The van der Waals surface area contributed by atoms with Gasteiger partial charge in [-0.1, -0.05) is 24.6 Å². The van der Waals surface area contributed by atoms with Gasteiger partial charge in [0.2, 0.25) is 0 Å². The minimum Gasteiger partial charge on any atom is -0.449 e. The number of fused-ring (bicyclic) bond motifs is 1. The van der Waals surface area contributed by atoms with E-state index in [2.05, 4.69) is 0 Å². The van der Waals surface area contributed by atoms with Crippen molar-refractivity contribution in [3.05, 3.63) is 40.5 Å². The second kappa shape index (κ2) is 8.19. The first kappa shape index (κ1) is 20.0. The average Bonchev–Trinajstić information content (AvgIpc) is 3.56. The summed E-state index contributed by atoms with van der Waals surface area (Å²) in [7, 11) is 0. The van der Waals surface area contributed by atoms with Gasteiger partial charge in [0.05, 0.1) is 17.1 Å². The SMILES string of the molecule is CCCOC(=O)N1CCN(C(=O)c2ccc3c(Cl)cc(C4CC4)nc3c2)C[C@H]1C. The Kier molecular flexibility index (Phi) is 5.63. The van der Waals surface area contributed by atoms with Crippen molar-refractivity contribution in [3.63, 3.8) is 0 Å². The first-order chi connectivity index (χ1) is 14.0. The van der Waals surface area contributed by atoms with Crippen molar-refractivity contribution < 1.29 is 14.3 Å². The predicted octanol–water partition coefficient (Wildman–Crippen LogP) is 4.46. The molecule has 29 heavy (non-hydrogen) atoms. The van der Waals surface area contributed by atoms with Crippen LogP contribution in [0.5, 0.6) is 0 Å². The molecule has 0 unspecified atom stereocenters. The van der Waals surface area contributed by atoms with Crippen molar-refractivity contribution >= 4 is 34.5 Å². The van der Waals surface area contributed by atoms with Crippen LogP contribution in [0.1, 0.15) is 55.1 Å². The van der Waals surface area contributed by atoms with Crippen molar-refractivity contribution in [2.45, 2.75) is 45.1 Å². The summed E-state index contributed by atoms with van der Waals surface area (Å²) in [5.74, 6) is 0.452. The Labute approximate surface area is 175 Å². The van der Waals surface area contributed by atoms with E-state index in [4.69, 9.17) is 21.3 Å². The maximum atomic E-state index is 13.1. The number of rotatable bonds is 4. The highest BCUT2D eigenvalue weighted by molar-refractivity contribution is 6.35. The number of hydrogen-bond acceptors (Lipinski definition) is 4. The van der Waals surface area contributed by atoms with E-state index >= 15 is 0 Å². The second-order valence-corrected chi connectivity index (χ2v) is 8.35. The number of carbonyl (C=O) groups is 2. The summed E-state index contributed by atoms with van der Waals surface area (Å²) in [5, 5.41) is 1.55. The Morgan fingerprint density at radius 1 is 1.24 bits per heavy atom. The van der Waals surface area contributed by atoms with E-state index in [1.807, 2.05) is 38.1 Å². The summed E-state index contributed by atoms with van der Waals surface area (Å²) in [4.78, 5) is 33.5. The highest BCUT2D eigenvalue weighted by atomic mass is 35.5. The number of pyridine rings is 1. The molecule has 1 saturated heterocycles. The lowest BCUT2D eigenvalue weighted by molar-refractivity contribution is 0.0412. The Bertz CT molecular complexity index is 944. The fourth-order valence-corrected chi connectivity index (χ4v) is 4.07. The van der Waals surface area contributed by atoms with E-state index in [0.717, 1.165) is 35.9 Å². The van der Waals surface area contributed by atoms with E-state index in [1.165, 1.54) is 0 Å². The van der Waals surface area contributed by atoms with Gasteiger partial charge in [-0.05, 0) is 44.4 Å². The molecular formula is C22H26ClN3O3. The van der Waals surface area contributed by atoms with E-state index < -0.39 is 0 Å². The van der Waals surface area contributed by atoms with Crippen LogP contribution < -0.4 is 0 Å². The average molecular weight is 416 g/mol. The molecule has 7 heteroatoms. The molecule has 154 valence electrons. The number of nitrogens with zero attached hydrogens (tertiary/aromatic N) is 3. The molecule has 0 bridgehead atoms. The third-order valence-corrected chi connectivity index (χ3v) is 5.91. The first-order valence-corrected chi connectivity index (χ1v) is 10.7. The summed E-state index contributed by atoms with van der Waals surface area (Å²) >= 11 is 6.43. The van der Waals surface area contributed by atoms with Crippen molar-refractivity contribution in [2.24, 2.45) is 0 Å². The summed E-state index contributed by atoms with van der Waals surface area (Å²) < 4.78 is 5.24. The Morgan fingerprint density at radius 2 is 2.03 bits per heavy atom. The molecule has 0 N–H and O–H groups in total. The first-order valence-electron chi connectivity index (χ1n) is 10.3. The number of benzene rings is 1. The number of carbonyl (C=O) groups excluding carboxylic acids is 2. The highest BCUT2D eigenvalue weighted by Gasteiger charge is 2.31. The summed E-state index contributed by atoms with van der Waals surface area (Å²) in [6.45, 7) is 5.76. The van der Waals surface area contributed by atoms with Crippen molar-refractivity contribution in [1.82, 2.24) is 14.8 Å². The summed E-state index contributed by atoms with van der Waals surface area (Å²) in [5.41, 5.74) is 2.38.